The number of nitrogens with one attached hydrogen (secondary N) is 1. The van der Waals surface area contributed by atoms with Crippen molar-refractivity contribution in [1.82, 2.24) is 10.2 Å². The third-order valence-corrected chi connectivity index (χ3v) is 4.94. The fourth-order valence-corrected chi connectivity index (χ4v) is 3.04. The molecular weight excluding hydrogens is 358 g/mol. The lowest BCUT2D eigenvalue weighted by Gasteiger charge is -2.33. The molecule has 140 valence electrons. The van der Waals surface area contributed by atoms with Crippen LogP contribution >= 0.6 is 11.8 Å². The Morgan fingerprint density at radius 1 is 1.38 bits per heavy atom. The van der Waals surface area contributed by atoms with E-state index in [-0.39, 0.29) is 18.3 Å². The standard InChI is InChI=1S/C17H21N3O5S/c1-4-26-10-9-25-16(21)14-11(2)19(3)17(22)18-15(14)12-5-7-13(8-6-12)20(23)24/h5-8,15H,4,9-10H2,1-3H3,(H,18,22)/t15-/m1/s1. The third-order valence-electron chi connectivity index (χ3n) is 4.08. The number of benzene rings is 1. The predicted molar refractivity (Wildman–Crippen MR) is 98.8 cm³/mol. The number of carbonyl (C=O) groups excluding carboxylic acids is 2. The molecule has 2 rings (SSSR count). The van der Waals surface area contributed by atoms with Crippen LogP contribution in [0.5, 0.6) is 0 Å². The van der Waals surface area contributed by atoms with Gasteiger partial charge in [-0.25, -0.2) is 9.59 Å². The summed E-state index contributed by atoms with van der Waals surface area (Å²) in [5.41, 5.74) is 1.33. The quantitative estimate of drug-likeness (QED) is 0.338. The molecule has 1 atom stereocenters. The lowest BCUT2D eigenvalue weighted by molar-refractivity contribution is -0.384. The fraction of sp³-hybridized carbons (Fsp3) is 0.412. The number of non-ortho nitro benzene ring substituents is 1. The average molecular weight is 379 g/mol. The van der Waals surface area contributed by atoms with Crippen LogP contribution in [0.25, 0.3) is 0 Å². The molecular formula is C17H21N3O5S. The number of nitrogens with zero attached hydrogens (tertiary/aromatic N) is 2. The number of nitro groups is 1. The van der Waals surface area contributed by atoms with Gasteiger partial charge in [-0.05, 0) is 30.4 Å². The van der Waals surface area contributed by atoms with Crippen LogP contribution in [0.15, 0.2) is 35.5 Å². The molecule has 26 heavy (non-hydrogen) atoms. The minimum absolute atomic E-state index is 0.0607. The molecule has 1 heterocycles. The molecule has 0 unspecified atom stereocenters. The van der Waals surface area contributed by atoms with Crippen molar-refractivity contribution in [1.29, 1.82) is 0 Å². The Morgan fingerprint density at radius 2 is 2.04 bits per heavy atom. The number of carbonyl (C=O) groups is 2. The summed E-state index contributed by atoms with van der Waals surface area (Å²) in [5, 5.41) is 13.6. The second-order valence-corrected chi connectivity index (χ2v) is 7.02. The first-order chi connectivity index (χ1) is 12.4. The first-order valence-electron chi connectivity index (χ1n) is 8.11. The molecule has 1 aromatic carbocycles. The molecule has 9 heteroatoms. The number of ether oxygens (including phenoxy) is 1. The van der Waals surface area contributed by atoms with Crippen LogP contribution in [-0.2, 0) is 9.53 Å². The number of allylic oxidation sites excluding steroid dienone is 1. The summed E-state index contributed by atoms with van der Waals surface area (Å²) >= 11 is 1.66. The molecule has 1 N–H and O–H groups in total. The Balaban J connectivity index is 2.30. The van der Waals surface area contributed by atoms with E-state index in [4.69, 9.17) is 4.74 Å². The van der Waals surface area contributed by atoms with Crippen LogP contribution in [-0.4, -0.2) is 47.0 Å². The zero-order valence-electron chi connectivity index (χ0n) is 14.9. The minimum Gasteiger partial charge on any atom is -0.461 e. The number of hydrogen-bond donors (Lipinski definition) is 1. The van der Waals surface area contributed by atoms with Crippen molar-refractivity contribution in [2.24, 2.45) is 0 Å². The zero-order valence-corrected chi connectivity index (χ0v) is 15.7. The molecule has 2 amide bonds. The summed E-state index contributed by atoms with van der Waals surface area (Å²) in [7, 11) is 1.57. The maximum Gasteiger partial charge on any atom is 0.338 e. The largest absolute Gasteiger partial charge is 0.461 e. The van der Waals surface area contributed by atoms with Crippen molar-refractivity contribution >= 4 is 29.4 Å². The minimum atomic E-state index is -0.717. The number of rotatable bonds is 7. The van der Waals surface area contributed by atoms with E-state index in [0.717, 1.165) is 5.75 Å². The predicted octanol–water partition coefficient (Wildman–Crippen LogP) is 2.86. The van der Waals surface area contributed by atoms with Gasteiger partial charge in [0, 0.05) is 30.6 Å². The maximum absolute atomic E-state index is 12.6. The molecule has 1 aromatic rings. The van der Waals surface area contributed by atoms with E-state index in [9.17, 15) is 19.7 Å². The molecule has 0 radical (unpaired) electrons. The molecule has 1 aliphatic rings. The van der Waals surface area contributed by atoms with Gasteiger partial charge in [0.2, 0.25) is 0 Å². The van der Waals surface area contributed by atoms with Gasteiger partial charge in [0.15, 0.2) is 0 Å². The molecule has 0 spiro atoms. The van der Waals surface area contributed by atoms with E-state index in [1.807, 2.05) is 6.92 Å². The van der Waals surface area contributed by atoms with E-state index in [2.05, 4.69) is 5.32 Å². The van der Waals surface area contributed by atoms with Gasteiger partial charge in [0.05, 0.1) is 16.5 Å². The fourth-order valence-electron chi connectivity index (χ4n) is 2.55. The van der Waals surface area contributed by atoms with Gasteiger partial charge in [-0.15, -0.1) is 0 Å². The second-order valence-electron chi connectivity index (χ2n) is 5.62. The monoisotopic (exact) mass is 379 g/mol. The van der Waals surface area contributed by atoms with Crippen LogP contribution in [0.1, 0.15) is 25.5 Å². The third kappa shape index (κ3) is 4.34. The smallest absolute Gasteiger partial charge is 0.338 e. The summed E-state index contributed by atoms with van der Waals surface area (Å²) in [5.74, 6) is 1.12. The number of amides is 2. The number of hydrogen-bond acceptors (Lipinski definition) is 6. The van der Waals surface area contributed by atoms with Crippen LogP contribution in [0, 0.1) is 10.1 Å². The Bertz CT molecular complexity index is 732. The highest BCUT2D eigenvalue weighted by molar-refractivity contribution is 7.99. The van der Waals surface area contributed by atoms with Gasteiger partial charge in [-0.1, -0.05) is 6.92 Å². The van der Waals surface area contributed by atoms with Crippen molar-refractivity contribution in [3.63, 3.8) is 0 Å². The molecule has 0 saturated heterocycles. The Kier molecular flexibility index (Phi) is 6.62. The van der Waals surface area contributed by atoms with Gasteiger partial charge >= 0.3 is 12.0 Å². The Labute approximate surface area is 155 Å². The van der Waals surface area contributed by atoms with Crippen LogP contribution in [0.4, 0.5) is 10.5 Å². The molecule has 0 bridgehead atoms. The molecule has 0 aliphatic carbocycles. The highest BCUT2D eigenvalue weighted by Crippen LogP contribution is 2.31. The van der Waals surface area contributed by atoms with E-state index >= 15 is 0 Å². The van der Waals surface area contributed by atoms with Crippen LogP contribution in [0.3, 0.4) is 0 Å². The lowest BCUT2D eigenvalue weighted by atomic mass is 9.95. The summed E-state index contributed by atoms with van der Waals surface area (Å²) in [6.45, 7) is 3.97. The van der Waals surface area contributed by atoms with Crippen LogP contribution < -0.4 is 5.32 Å². The number of esters is 1. The molecule has 1 aliphatic heterocycles. The lowest BCUT2D eigenvalue weighted by Crippen LogP contribution is -2.46. The van der Waals surface area contributed by atoms with E-state index in [1.165, 1.54) is 29.2 Å². The van der Waals surface area contributed by atoms with E-state index in [1.54, 1.807) is 25.7 Å². The average Bonchev–Trinajstić information content (AvgIpc) is 2.63. The van der Waals surface area contributed by atoms with Gasteiger partial charge in [-0.3, -0.25) is 10.1 Å². The van der Waals surface area contributed by atoms with Gasteiger partial charge in [0.1, 0.15) is 6.61 Å². The molecule has 8 nitrogen and oxygen atoms in total. The summed E-state index contributed by atoms with van der Waals surface area (Å²) < 4.78 is 5.35. The Hall–Kier alpha value is -2.55. The second kappa shape index (κ2) is 8.70. The highest BCUT2D eigenvalue weighted by atomic mass is 32.2. The number of nitro benzene ring substituents is 1. The normalized spacial score (nSPS) is 17.1. The summed E-state index contributed by atoms with van der Waals surface area (Å²) in [6, 6.07) is 4.67. The zero-order chi connectivity index (χ0) is 19.3. The van der Waals surface area contributed by atoms with Gasteiger partial charge < -0.3 is 15.0 Å². The van der Waals surface area contributed by atoms with Gasteiger partial charge in [-0.2, -0.15) is 11.8 Å². The van der Waals surface area contributed by atoms with Crippen molar-refractivity contribution in [3.8, 4) is 0 Å². The summed E-state index contributed by atoms with van der Waals surface area (Å²) in [4.78, 5) is 36.4. The topological polar surface area (TPSA) is 102 Å². The van der Waals surface area contributed by atoms with Crippen molar-refractivity contribution < 1.29 is 19.2 Å². The van der Waals surface area contributed by atoms with Crippen LogP contribution in [0.2, 0.25) is 0 Å². The molecule has 0 fully saturated rings. The maximum atomic E-state index is 12.6. The first kappa shape index (κ1) is 19.8. The van der Waals surface area contributed by atoms with Crippen molar-refractivity contribution in [2.45, 2.75) is 19.9 Å². The molecule has 0 saturated carbocycles. The number of urea groups is 1. The van der Waals surface area contributed by atoms with Gasteiger partial charge in [0.25, 0.3) is 5.69 Å². The number of thioether (sulfide) groups is 1. The van der Waals surface area contributed by atoms with Crippen molar-refractivity contribution in [3.05, 3.63) is 51.2 Å². The summed E-state index contributed by atoms with van der Waals surface area (Å²) in [6.07, 6.45) is 0. The Morgan fingerprint density at radius 3 is 2.62 bits per heavy atom. The van der Waals surface area contributed by atoms with E-state index < -0.39 is 16.9 Å². The SMILES string of the molecule is CCSCCOC(=O)C1=C(C)N(C)C(=O)N[C@@H]1c1ccc([N+](=O)[O-])cc1. The van der Waals surface area contributed by atoms with Crippen molar-refractivity contribution in [2.75, 3.05) is 25.2 Å². The highest BCUT2D eigenvalue weighted by Gasteiger charge is 2.35. The van der Waals surface area contributed by atoms with E-state index in [0.29, 0.717) is 22.6 Å². The molecule has 0 aromatic heterocycles. The first-order valence-corrected chi connectivity index (χ1v) is 9.26.